The summed E-state index contributed by atoms with van der Waals surface area (Å²) in [5.41, 5.74) is 10.8. The zero-order chi connectivity index (χ0) is 29.5. The van der Waals surface area contributed by atoms with E-state index in [0.717, 1.165) is 22.4 Å². The number of fused-ring (bicyclic) bond motifs is 4. The molecule has 2 bridgehead atoms. The van der Waals surface area contributed by atoms with E-state index in [4.69, 9.17) is 23.2 Å². The van der Waals surface area contributed by atoms with Crippen molar-refractivity contribution in [2.24, 2.45) is 13.0 Å². The molecular weight excluding hydrogens is 582 g/mol. The van der Waals surface area contributed by atoms with E-state index in [0.29, 0.717) is 46.6 Å². The average Bonchev–Trinajstić information content (AvgIpc) is 3.57. The van der Waals surface area contributed by atoms with Crippen molar-refractivity contribution in [2.75, 3.05) is 16.9 Å². The third-order valence-electron chi connectivity index (χ3n) is 7.95. The first-order chi connectivity index (χ1) is 20.2. The molecule has 3 atom stereocenters. The molecule has 6 rings (SSSR count). The summed E-state index contributed by atoms with van der Waals surface area (Å²) < 4.78 is 17.0. The molecule has 3 aromatic rings. The highest BCUT2D eigenvalue weighted by Crippen LogP contribution is 2.38. The number of anilines is 2. The van der Waals surface area contributed by atoms with Crippen LogP contribution in [0.4, 0.5) is 15.8 Å². The number of hydrazine groups is 2. The van der Waals surface area contributed by atoms with Crippen LogP contribution in [0, 0.1) is 5.92 Å². The van der Waals surface area contributed by atoms with Crippen LogP contribution in [-0.4, -0.2) is 44.2 Å². The van der Waals surface area contributed by atoms with E-state index in [1.807, 2.05) is 24.3 Å². The number of carbonyl (C=O) groups is 2. The minimum absolute atomic E-state index is 0.0879. The molecule has 5 heterocycles. The molecule has 10 nitrogen and oxygen atoms in total. The number of alkyl halides is 1. The van der Waals surface area contributed by atoms with Gasteiger partial charge in [-0.3, -0.25) is 29.7 Å². The van der Waals surface area contributed by atoms with E-state index in [-0.39, 0.29) is 12.3 Å². The molecule has 0 radical (unpaired) electrons. The second-order valence-corrected chi connectivity index (χ2v) is 11.4. The predicted molar refractivity (Wildman–Crippen MR) is 160 cm³/mol. The summed E-state index contributed by atoms with van der Waals surface area (Å²) in [6.07, 6.45) is 6.05. The smallest absolute Gasteiger partial charge is 0.247 e. The largest absolute Gasteiger partial charge is 0.330 e. The maximum absolute atomic E-state index is 15.4. The van der Waals surface area contributed by atoms with Crippen LogP contribution in [-0.2, 0) is 16.6 Å². The number of hydrogen-bond acceptors (Lipinski definition) is 7. The number of nitrogens with zero attached hydrogens (tertiary/aromatic N) is 5. The zero-order valence-corrected chi connectivity index (χ0v) is 24.5. The molecule has 0 saturated heterocycles. The van der Waals surface area contributed by atoms with Crippen LogP contribution in [0.15, 0.2) is 60.2 Å². The molecule has 3 N–H and O–H groups in total. The lowest BCUT2D eigenvalue weighted by atomic mass is 9.92. The number of amides is 2. The van der Waals surface area contributed by atoms with Crippen LogP contribution in [0.3, 0.4) is 0 Å². The van der Waals surface area contributed by atoms with Crippen molar-refractivity contribution in [3.63, 3.8) is 0 Å². The molecule has 1 unspecified atom stereocenters. The van der Waals surface area contributed by atoms with E-state index in [9.17, 15) is 9.59 Å². The van der Waals surface area contributed by atoms with Gasteiger partial charge in [-0.25, -0.2) is 4.39 Å². The quantitative estimate of drug-likeness (QED) is 0.356. The lowest BCUT2D eigenvalue weighted by Gasteiger charge is -2.35. The number of aromatic nitrogens is 3. The van der Waals surface area contributed by atoms with E-state index < -0.39 is 24.0 Å². The molecule has 218 valence electrons. The van der Waals surface area contributed by atoms with Crippen molar-refractivity contribution in [3.8, 4) is 11.3 Å². The molecule has 2 amide bonds. The Kier molecular flexibility index (Phi) is 7.65. The van der Waals surface area contributed by atoms with Crippen LogP contribution >= 0.6 is 23.2 Å². The molecule has 3 aliphatic rings. The Morgan fingerprint density at radius 1 is 1.12 bits per heavy atom. The summed E-state index contributed by atoms with van der Waals surface area (Å²) in [5, 5.41) is 9.82. The van der Waals surface area contributed by atoms with Crippen LogP contribution in [0.5, 0.6) is 0 Å². The summed E-state index contributed by atoms with van der Waals surface area (Å²) in [7, 11) is 1.78. The first kappa shape index (κ1) is 28.2. The predicted octanol–water partition coefficient (Wildman–Crippen LogP) is 5.07. The number of benzene rings is 1. The van der Waals surface area contributed by atoms with E-state index in [2.05, 4.69) is 26.4 Å². The lowest BCUT2D eigenvalue weighted by molar-refractivity contribution is -0.129. The van der Waals surface area contributed by atoms with Gasteiger partial charge in [0, 0.05) is 42.0 Å². The Balaban J connectivity index is 1.36. The van der Waals surface area contributed by atoms with Gasteiger partial charge in [0.15, 0.2) is 0 Å². The molecular formula is C29H29Cl2FN8O2. The Labute approximate surface area is 252 Å². The third-order valence-corrected chi connectivity index (χ3v) is 8.37. The topological polar surface area (TPSA) is 107 Å². The molecule has 1 aromatic carbocycles. The number of aryl methyl sites for hydroxylation is 1. The lowest BCUT2D eigenvalue weighted by Crippen LogP contribution is -2.39. The highest BCUT2D eigenvalue weighted by Gasteiger charge is 2.33. The van der Waals surface area contributed by atoms with Crippen LogP contribution in [0.25, 0.3) is 16.8 Å². The van der Waals surface area contributed by atoms with Gasteiger partial charge in [0.2, 0.25) is 11.8 Å². The van der Waals surface area contributed by atoms with Gasteiger partial charge >= 0.3 is 0 Å². The minimum Gasteiger partial charge on any atom is -0.330 e. The molecule has 13 heteroatoms. The zero-order valence-electron chi connectivity index (χ0n) is 22.9. The molecule has 0 saturated carbocycles. The molecule has 0 aliphatic carbocycles. The van der Waals surface area contributed by atoms with Gasteiger partial charge in [-0.15, -0.1) is 5.53 Å². The summed E-state index contributed by atoms with van der Waals surface area (Å²) >= 11 is 12.5. The number of pyridine rings is 1. The SMILES string of the molecule is C[C@H]1C(=O)Nc2cnn(C)c2-c2ccnc(c2)[C@@H](N2CCC(c3cc(Cl)ccc3N3C=C(Cl)NN3)=CC2=O)CCC1F. The van der Waals surface area contributed by atoms with Gasteiger partial charge in [-0.05, 0) is 55.2 Å². The Morgan fingerprint density at radius 3 is 2.71 bits per heavy atom. The van der Waals surface area contributed by atoms with Crippen LogP contribution < -0.4 is 21.3 Å². The van der Waals surface area contributed by atoms with Crippen molar-refractivity contribution in [2.45, 2.75) is 38.4 Å². The maximum Gasteiger partial charge on any atom is 0.247 e. The number of carbonyl (C=O) groups excluding carboxylic acids is 2. The summed E-state index contributed by atoms with van der Waals surface area (Å²) in [5.74, 6) is -1.51. The second-order valence-electron chi connectivity index (χ2n) is 10.6. The van der Waals surface area contributed by atoms with Crippen molar-refractivity contribution < 1.29 is 14.0 Å². The first-order valence-corrected chi connectivity index (χ1v) is 14.4. The number of rotatable bonds is 3. The second kappa shape index (κ2) is 11.4. The number of halogens is 3. The van der Waals surface area contributed by atoms with Gasteiger partial charge in [-0.1, -0.05) is 30.1 Å². The van der Waals surface area contributed by atoms with Gasteiger partial charge in [0.1, 0.15) is 11.3 Å². The number of nitrogens with one attached hydrogen (secondary N) is 3. The fourth-order valence-corrected chi connectivity index (χ4v) is 5.98. The summed E-state index contributed by atoms with van der Waals surface area (Å²) in [6, 6.07) is 8.66. The van der Waals surface area contributed by atoms with Crippen LogP contribution in [0.1, 0.15) is 43.5 Å². The first-order valence-electron chi connectivity index (χ1n) is 13.6. The Morgan fingerprint density at radius 2 is 1.95 bits per heavy atom. The minimum atomic E-state index is -1.41. The standard InChI is InChI=1S/C29H29Cl2FN8O2/c1-16-21(32)4-6-25(22-11-18(7-9-33-22)28-23(35-29(16)42)14-34-38(28)2)39-10-8-17(12-27(39)41)20-13-19(30)3-5-24(20)40-15-26(31)36-37-40/h3,5,7,9,11-16,21,25,36-37H,4,6,8,10H2,1-2H3,(H,35,42)/t16-,21?,25+/m1/s1. The summed E-state index contributed by atoms with van der Waals surface area (Å²) in [6.45, 7) is 1.96. The Bertz CT molecular complexity index is 1620. The summed E-state index contributed by atoms with van der Waals surface area (Å²) in [4.78, 5) is 33.0. The van der Waals surface area contributed by atoms with Crippen LogP contribution in [0.2, 0.25) is 5.02 Å². The van der Waals surface area contributed by atoms with Gasteiger partial charge in [0.25, 0.3) is 0 Å². The fraction of sp³-hybridized carbons (Fsp3) is 0.310. The van der Waals surface area contributed by atoms with Crippen molar-refractivity contribution >= 4 is 52.0 Å². The van der Waals surface area contributed by atoms with E-state index >= 15 is 4.39 Å². The average molecular weight is 612 g/mol. The van der Waals surface area contributed by atoms with Crippen molar-refractivity contribution in [1.82, 2.24) is 30.6 Å². The van der Waals surface area contributed by atoms with Crippen molar-refractivity contribution in [3.05, 3.63) is 76.4 Å². The molecule has 0 spiro atoms. The van der Waals surface area contributed by atoms with E-state index in [1.54, 1.807) is 59.3 Å². The maximum atomic E-state index is 15.4. The Hall–Kier alpha value is -3.93. The molecule has 2 aromatic heterocycles. The van der Waals surface area contributed by atoms with E-state index in [1.165, 1.54) is 0 Å². The normalized spacial score (nSPS) is 22.8. The number of hydrogen-bond donors (Lipinski definition) is 3. The van der Waals surface area contributed by atoms with Gasteiger partial charge in [0.05, 0.1) is 47.1 Å². The van der Waals surface area contributed by atoms with Gasteiger partial charge < -0.3 is 10.2 Å². The monoisotopic (exact) mass is 610 g/mol. The highest BCUT2D eigenvalue weighted by molar-refractivity contribution is 6.31. The fourth-order valence-electron chi connectivity index (χ4n) is 5.66. The molecule has 0 fully saturated rings. The third kappa shape index (κ3) is 5.35. The highest BCUT2D eigenvalue weighted by atomic mass is 35.5. The molecule has 42 heavy (non-hydrogen) atoms. The van der Waals surface area contributed by atoms with Crippen molar-refractivity contribution in [1.29, 1.82) is 0 Å². The van der Waals surface area contributed by atoms with Gasteiger partial charge in [-0.2, -0.15) is 5.10 Å². The molecule has 3 aliphatic heterocycles.